The van der Waals surface area contributed by atoms with Gasteiger partial charge in [0.1, 0.15) is 11.5 Å². The molecule has 0 bridgehead atoms. The first-order chi connectivity index (χ1) is 8.74. The van der Waals surface area contributed by atoms with Gasteiger partial charge in [-0.15, -0.1) is 5.11 Å². The molecule has 0 unspecified atom stereocenters. The van der Waals surface area contributed by atoms with E-state index in [1.54, 1.807) is 29.7 Å². The van der Waals surface area contributed by atoms with Crippen molar-refractivity contribution in [2.45, 2.75) is 19.8 Å². The molecule has 5 nitrogen and oxygen atoms in total. The SMILES string of the molecule is CC1=C(N=Nc2ccc(O)cc2)[NH2+]N=C1C1CC1. The zero-order valence-corrected chi connectivity index (χ0v) is 10.2. The smallest absolute Gasteiger partial charge is 0.274 e. The van der Waals surface area contributed by atoms with E-state index >= 15 is 0 Å². The molecule has 3 N–H and O–H groups in total. The first-order valence-corrected chi connectivity index (χ1v) is 6.07. The maximum atomic E-state index is 9.18. The van der Waals surface area contributed by atoms with Crippen LogP contribution in [0.2, 0.25) is 0 Å². The maximum absolute atomic E-state index is 9.18. The fraction of sp³-hybridized carbons (Fsp3) is 0.308. The van der Waals surface area contributed by atoms with Gasteiger partial charge in [0.05, 0.1) is 11.3 Å². The molecule has 1 saturated carbocycles. The molecule has 0 atom stereocenters. The molecule has 0 aromatic heterocycles. The Balaban J connectivity index is 1.75. The Bertz CT molecular complexity index is 553. The lowest BCUT2D eigenvalue weighted by atomic mass is 10.1. The van der Waals surface area contributed by atoms with Crippen LogP contribution in [0.25, 0.3) is 0 Å². The van der Waals surface area contributed by atoms with Crippen molar-refractivity contribution in [1.29, 1.82) is 0 Å². The van der Waals surface area contributed by atoms with Crippen molar-refractivity contribution in [1.82, 2.24) is 0 Å². The molecular formula is C13H15N4O+. The van der Waals surface area contributed by atoms with Gasteiger partial charge < -0.3 is 5.11 Å². The lowest BCUT2D eigenvalue weighted by molar-refractivity contribution is -0.610. The van der Waals surface area contributed by atoms with Crippen molar-refractivity contribution < 1.29 is 10.5 Å². The number of quaternary nitrogens is 1. The summed E-state index contributed by atoms with van der Waals surface area (Å²) in [6, 6.07) is 6.65. The molecule has 0 saturated heterocycles. The van der Waals surface area contributed by atoms with Crippen molar-refractivity contribution in [2.24, 2.45) is 21.2 Å². The van der Waals surface area contributed by atoms with E-state index in [9.17, 15) is 5.11 Å². The number of nitrogens with two attached hydrogens (primary N) is 1. The summed E-state index contributed by atoms with van der Waals surface area (Å²) in [5, 5.41) is 21.9. The number of nitrogens with zero attached hydrogens (tertiary/aromatic N) is 3. The minimum atomic E-state index is 0.233. The average molecular weight is 243 g/mol. The van der Waals surface area contributed by atoms with Gasteiger partial charge >= 0.3 is 0 Å². The van der Waals surface area contributed by atoms with Crippen LogP contribution in [-0.2, 0) is 0 Å². The van der Waals surface area contributed by atoms with Crippen molar-refractivity contribution in [2.75, 3.05) is 0 Å². The molecule has 92 valence electrons. The molecule has 5 heteroatoms. The first-order valence-electron chi connectivity index (χ1n) is 6.07. The van der Waals surface area contributed by atoms with Gasteiger partial charge in [0.15, 0.2) is 0 Å². The Hall–Kier alpha value is -2.01. The number of allylic oxidation sites excluding steroid dienone is 1. The maximum Gasteiger partial charge on any atom is 0.274 e. The molecule has 0 spiro atoms. The highest BCUT2D eigenvalue weighted by Crippen LogP contribution is 2.34. The summed E-state index contributed by atoms with van der Waals surface area (Å²) >= 11 is 0. The average Bonchev–Trinajstić information content (AvgIpc) is 3.14. The van der Waals surface area contributed by atoms with Gasteiger partial charge in [0.25, 0.3) is 5.82 Å². The predicted octanol–water partition coefficient (Wildman–Crippen LogP) is 2.05. The molecule has 1 aromatic rings. The number of phenolic OH excluding ortho intramolecular Hbond substituents is 1. The molecule has 1 fully saturated rings. The molecule has 2 aliphatic rings. The zero-order chi connectivity index (χ0) is 12.5. The molecule has 1 aromatic carbocycles. The fourth-order valence-electron chi connectivity index (χ4n) is 1.96. The third-order valence-electron chi connectivity index (χ3n) is 3.18. The number of phenols is 1. The Labute approximate surface area is 105 Å². The predicted molar refractivity (Wildman–Crippen MR) is 67.4 cm³/mol. The van der Waals surface area contributed by atoms with Crippen LogP contribution in [0, 0.1) is 5.92 Å². The van der Waals surface area contributed by atoms with Crippen molar-refractivity contribution >= 4 is 11.4 Å². The second-order valence-corrected chi connectivity index (χ2v) is 4.64. The van der Waals surface area contributed by atoms with Crippen LogP contribution in [-0.4, -0.2) is 10.8 Å². The normalized spacial score (nSPS) is 19.7. The largest absolute Gasteiger partial charge is 0.508 e. The summed E-state index contributed by atoms with van der Waals surface area (Å²) in [4.78, 5) is 0. The highest BCUT2D eigenvalue weighted by molar-refractivity contribution is 6.03. The third kappa shape index (κ3) is 2.17. The van der Waals surface area contributed by atoms with Crippen LogP contribution >= 0.6 is 0 Å². The summed E-state index contributed by atoms with van der Waals surface area (Å²) in [5.41, 5.74) is 4.82. The van der Waals surface area contributed by atoms with Crippen molar-refractivity contribution in [3.8, 4) is 5.75 Å². The number of azo groups is 1. The molecule has 1 heterocycles. The number of hydrogen-bond acceptors (Lipinski definition) is 4. The van der Waals surface area contributed by atoms with Gasteiger partial charge in [-0.05, 0) is 44.0 Å². The Morgan fingerprint density at radius 2 is 1.94 bits per heavy atom. The minimum Gasteiger partial charge on any atom is -0.508 e. The van der Waals surface area contributed by atoms with E-state index in [0.717, 1.165) is 17.1 Å². The van der Waals surface area contributed by atoms with Crippen LogP contribution < -0.4 is 5.43 Å². The zero-order valence-electron chi connectivity index (χ0n) is 10.2. The Kier molecular flexibility index (Phi) is 2.68. The van der Waals surface area contributed by atoms with Gasteiger partial charge in [0.2, 0.25) is 0 Å². The number of aromatic hydroxyl groups is 1. The summed E-state index contributed by atoms with van der Waals surface area (Å²) < 4.78 is 0. The molecule has 1 aliphatic heterocycles. The second-order valence-electron chi connectivity index (χ2n) is 4.64. The Morgan fingerprint density at radius 1 is 1.22 bits per heavy atom. The summed E-state index contributed by atoms with van der Waals surface area (Å²) in [6.07, 6.45) is 2.48. The van der Waals surface area contributed by atoms with Crippen LogP contribution in [0.15, 0.2) is 51.0 Å². The number of rotatable bonds is 3. The standard InChI is InChI=1S/C13H14N4O/c1-8-12(9-2-3-9)15-17-13(8)16-14-10-4-6-11(18)7-5-10/h4-7,9,18H,2-3H2,1H3,(H,15,17)/p+1. The van der Waals surface area contributed by atoms with E-state index in [2.05, 4.69) is 15.3 Å². The lowest BCUT2D eigenvalue weighted by Crippen LogP contribution is -2.73. The van der Waals surface area contributed by atoms with Crippen molar-refractivity contribution in [3.05, 3.63) is 35.7 Å². The number of hydrogen-bond donors (Lipinski definition) is 2. The number of benzene rings is 1. The topological polar surface area (TPSA) is 73.9 Å². The van der Waals surface area contributed by atoms with Crippen LogP contribution in [0.3, 0.4) is 0 Å². The molecular weight excluding hydrogens is 228 g/mol. The van der Waals surface area contributed by atoms with E-state index < -0.39 is 0 Å². The second kappa shape index (κ2) is 4.34. The lowest BCUT2D eigenvalue weighted by Gasteiger charge is -1.94. The highest BCUT2D eigenvalue weighted by Gasteiger charge is 2.35. The van der Waals surface area contributed by atoms with Gasteiger partial charge in [-0.2, -0.15) is 5.43 Å². The third-order valence-corrected chi connectivity index (χ3v) is 3.18. The van der Waals surface area contributed by atoms with E-state index in [-0.39, 0.29) is 5.75 Å². The minimum absolute atomic E-state index is 0.233. The summed E-state index contributed by atoms with van der Waals surface area (Å²) in [5.74, 6) is 1.71. The van der Waals surface area contributed by atoms with Crippen LogP contribution in [0.1, 0.15) is 19.8 Å². The molecule has 18 heavy (non-hydrogen) atoms. The molecule has 0 radical (unpaired) electrons. The van der Waals surface area contributed by atoms with E-state index in [4.69, 9.17) is 0 Å². The van der Waals surface area contributed by atoms with Gasteiger partial charge in [-0.3, -0.25) is 0 Å². The van der Waals surface area contributed by atoms with E-state index in [0.29, 0.717) is 5.92 Å². The first kappa shape index (κ1) is 11.1. The summed E-state index contributed by atoms with van der Waals surface area (Å²) in [6.45, 7) is 2.05. The van der Waals surface area contributed by atoms with Gasteiger partial charge in [-0.1, -0.05) is 10.2 Å². The van der Waals surface area contributed by atoms with Gasteiger partial charge in [-0.25, -0.2) is 0 Å². The van der Waals surface area contributed by atoms with Gasteiger partial charge in [0, 0.05) is 5.92 Å². The molecule has 0 amide bonds. The van der Waals surface area contributed by atoms with Crippen LogP contribution in [0.5, 0.6) is 5.75 Å². The molecule has 3 rings (SSSR count). The fourth-order valence-corrected chi connectivity index (χ4v) is 1.96. The monoisotopic (exact) mass is 243 g/mol. The van der Waals surface area contributed by atoms with E-state index in [1.807, 2.05) is 6.92 Å². The molecule has 1 aliphatic carbocycles. The highest BCUT2D eigenvalue weighted by atomic mass is 16.3. The Morgan fingerprint density at radius 3 is 2.61 bits per heavy atom. The summed E-state index contributed by atoms with van der Waals surface area (Å²) in [7, 11) is 0. The van der Waals surface area contributed by atoms with E-state index in [1.165, 1.54) is 18.6 Å². The van der Waals surface area contributed by atoms with Crippen molar-refractivity contribution in [3.63, 3.8) is 0 Å². The quantitative estimate of drug-likeness (QED) is 0.618. The van der Waals surface area contributed by atoms with Crippen LogP contribution in [0.4, 0.5) is 5.69 Å².